The Morgan fingerprint density at radius 1 is 1.12 bits per heavy atom. The zero-order valence-electron chi connectivity index (χ0n) is 13.9. The molecule has 3 aromatic rings. The summed E-state index contributed by atoms with van der Waals surface area (Å²) in [5, 5.41) is 3.75. The van der Waals surface area contributed by atoms with Crippen LogP contribution in [0.5, 0.6) is 11.5 Å². The van der Waals surface area contributed by atoms with E-state index in [1.165, 1.54) is 0 Å². The van der Waals surface area contributed by atoms with Gasteiger partial charge in [0.2, 0.25) is 0 Å². The molecule has 3 rings (SSSR count). The summed E-state index contributed by atoms with van der Waals surface area (Å²) < 4.78 is 16.2. The van der Waals surface area contributed by atoms with E-state index in [2.05, 4.69) is 5.32 Å². The number of rotatable bonds is 5. The van der Waals surface area contributed by atoms with Gasteiger partial charge in [-0.15, -0.1) is 0 Å². The zero-order chi connectivity index (χ0) is 17.1. The zero-order valence-corrected chi connectivity index (χ0v) is 13.9. The molecule has 1 aromatic heterocycles. The van der Waals surface area contributed by atoms with Gasteiger partial charge in [-0.25, -0.2) is 0 Å². The average Bonchev–Trinajstić information content (AvgIpc) is 2.96. The molecule has 0 fully saturated rings. The molecule has 1 amide bonds. The van der Waals surface area contributed by atoms with E-state index < -0.39 is 0 Å². The largest absolute Gasteiger partial charge is 0.497 e. The average molecular weight is 325 g/mol. The molecule has 0 radical (unpaired) electrons. The van der Waals surface area contributed by atoms with Crippen molar-refractivity contribution in [2.45, 2.75) is 13.5 Å². The minimum Gasteiger partial charge on any atom is -0.497 e. The monoisotopic (exact) mass is 325 g/mol. The summed E-state index contributed by atoms with van der Waals surface area (Å²) in [5.74, 6) is 1.53. The Hall–Kier alpha value is -2.95. The number of carbonyl (C=O) groups excluding carboxylic acids is 1. The molecule has 0 saturated heterocycles. The lowest BCUT2D eigenvalue weighted by atomic mass is 10.1. The molecule has 0 bridgehead atoms. The van der Waals surface area contributed by atoms with Crippen LogP contribution in [0, 0.1) is 6.92 Å². The number of furan rings is 1. The maximum absolute atomic E-state index is 12.5. The van der Waals surface area contributed by atoms with Gasteiger partial charge in [0.1, 0.15) is 17.1 Å². The Labute approximate surface area is 140 Å². The second-order valence-corrected chi connectivity index (χ2v) is 5.41. The van der Waals surface area contributed by atoms with Crippen molar-refractivity contribution in [1.29, 1.82) is 0 Å². The summed E-state index contributed by atoms with van der Waals surface area (Å²) in [7, 11) is 3.22. The van der Waals surface area contributed by atoms with Gasteiger partial charge in [-0.3, -0.25) is 4.79 Å². The molecule has 0 atom stereocenters. The second kappa shape index (κ2) is 6.66. The first-order valence-corrected chi connectivity index (χ1v) is 7.61. The van der Waals surface area contributed by atoms with E-state index in [1.807, 2.05) is 43.3 Å². The molecule has 0 aliphatic rings. The van der Waals surface area contributed by atoms with Crippen LogP contribution >= 0.6 is 0 Å². The highest BCUT2D eigenvalue weighted by Crippen LogP contribution is 2.28. The van der Waals surface area contributed by atoms with Gasteiger partial charge >= 0.3 is 0 Å². The first kappa shape index (κ1) is 15.9. The number of nitrogens with one attached hydrogen (secondary N) is 1. The number of hydrogen-bond donors (Lipinski definition) is 1. The molecule has 5 nitrogen and oxygen atoms in total. The van der Waals surface area contributed by atoms with E-state index in [1.54, 1.807) is 20.3 Å². The van der Waals surface area contributed by atoms with E-state index in [9.17, 15) is 4.79 Å². The molecule has 1 heterocycles. The van der Waals surface area contributed by atoms with Gasteiger partial charge in [0.15, 0.2) is 5.76 Å². The Bertz CT molecular complexity index is 882. The standard InChI is InChI=1S/C19H19NO4/c1-12-15-10-14(22-2)8-9-17(15)24-18(12)19(21)20-11-13-6-4-5-7-16(13)23-3/h4-10H,11H2,1-3H3,(H,20,21). The Morgan fingerprint density at radius 3 is 2.67 bits per heavy atom. The molecule has 0 unspecified atom stereocenters. The van der Waals surface area contributed by atoms with Crippen LogP contribution in [0.4, 0.5) is 0 Å². The van der Waals surface area contributed by atoms with Crippen molar-refractivity contribution in [2.24, 2.45) is 0 Å². The van der Waals surface area contributed by atoms with Gasteiger partial charge in [0, 0.05) is 23.1 Å². The number of benzene rings is 2. The van der Waals surface area contributed by atoms with Gasteiger partial charge in [-0.1, -0.05) is 18.2 Å². The summed E-state index contributed by atoms with van der Waals surface area (Å²) in [6.07, 6.45) is 0. The van der Waals surface area contributed by atoms with Crippen LogP contribution in [0.25, 0.3) is 11.0 Å². The summed E-state index contributed by atoms with van der Waals surface area (Å²) in [4.78, 5) is 12.5. The summed E-state index contributed by atoms with van der Waals surface area (Å²) >= 11 is 0. The van der Waals surface area contributed by atoms with Crippen LogP contribution in [0.15, 0.2) is 46.9 Å². The lowest BCUT2D eigenvalue weighted by Gasteiger charge is -2.08. The lowest BCUT2D eigenvalue weighted by Crippen LogP contribution is -2.23. The predicted molar refractivity (Wildman–Crippen MR) is 91.7 cm³/mol. The minimum absolute atomic E-state index is 0.256. The number of ether oxygens (including phenoxy) is 2. The molecule has 5 heteroatoms. The Kier molecular flexibility index (Phi) is 4.42. The third kappa shape index (κ3) is 2.93. The topological polar surface area (TPSA) is 60.7 Å². The van der Waals surface area contributed by atoms with Gasteiger partial charge in [0.25, 0.3) is 5.91 Å². The van der Waals surface area contributed by atoms with Crippen molar-refractivity contribution in [3.63, 3.8) is 0 Å². The number of hydrogen-bond acceptors (Lipinski definition) is 4. The van der Waals surface area contributed by atoms with Gasteiger partial charge in [0.05, 0.1) is 14.2 Å². The highest BCUT2D eigenvalue weighted by atomic mass is 16.5. The van der Waals surface area contributed by atoms with Crippen molar-refractivity contribution in [1.82, 2.24) is 5.32 Å². The SMILES string of the molecule is COc1ccc2oc(C(=O)NCc3ccccc3OC)c(C)c2c1. The summed E-state index contributed by atoms with van der Waals surface area (Å²) in [5.41, 5.74) is 2.36. The number of amides is 1. The Balaban J connectivity index is 1.82. The first-order chi connectivity index (χ1) is 11.6. The van der Waals surface area contributed by atoms with Gasteiger partial charge in [-0.05, 0) is 31.2 Å². The number of para-hydroxylation sites is 1. The fraction of sp³-hybridized carbons (Fsp3) is 0.211. The molecule has 0 saturated carbocycles. The minimum atomic E-state index is -0.256. The molecule has 24 heavy (non-hydrogen) atoms. The highest BCUT2D eigenvalue weighted by Gasteiger charge is 2.18. The fourth-order valence-electron chi connectivity index (χ4n) is 2.65. The molecule has 1 N–H and O–H groups in total. The molecule has 2 aromatic carbocycles. The van der Waals surface area contributed by atoms with Crippen molar-refractivity contribution >= 4 is 16.9 Å². The van der Waals surface area contributed by atoms with Crippen LogP contribution in [0.1, 0.15) is 21.7 Å². The van der Waals surface area contributed by atoms with Crippen LogP contribution in [-0.2, 0) is 6.54 Å². The first-order valence-electron chi connectivity index (χ1n) is 7.61. The van der Waals surface area contributed by atoms with Crippen LogP contribution in [0.3, 0.4) is 0 Å². The van der Waals surface area contributed by atoms with E-state index in [0.29, 0.717) is 17.9 Å². The van der Waals surface area contributed by atoms with Crippen molar-refractivity contribution in [3.05, 3.63) is 59.4 Å². The van der Waals surface area contributed by atoms with Crippen molar-refractivity contribution in [3.8, 4) is 11.5 Å². The van der Waals surface area contributed by atoms with Crippen LogP contribution < -0.4 is 14.8 Å². The van der Waals surface area contributed by atoms with Crippen molar-refractivity contribution in [2.75, 3.05) is 14.2 Å². The van der Waals surface area contributed by atoms with Crippen LogP contribution in [-0.4, -0.2) is 20.1 Å². The number of carbonyl (C=O) groups is 1. The number of aryl methyl sites for hydroxylation is 1. The van der Waals surface area contributed by atoms with E-state index >= 15 is 0 Å². The van der Waals surface area contributed by atoms with Crippen molar-refractivity contribution < 1.29 is 18.7 Å². The van der Waals surface area contributed by atoms with E-state index in [-0.39, 0.29) is 5.91 Å². The third-order valence-corrected chi connectivity index (χ3v) is 3.98. The smallest absolute Gasteiger partial charge is 0.287 e. The van der Waals surface area contributed by atoms with Gasteiger partial charge < -0.3 is 19.2 Å². The number of fused-ring (bicyclic) bond motifs is 1. The molecule has 0 aliphatic carbocycles. The quantitative estimate of drug-likeness (QED) is 0.777. The summed E-state index contributed by atoms with van der Waals surface area (Å²) in [6.45, 7) is 2.23. The second-order valence-electron chi connectivity index (χ2n) is 5.41. The maximum Gasteiger partial charge on any atom is 0.287 e. The Morgan fingerprint density at radius 2 is 1.92 bits per heavy atom. The third-order valence-electron chi connectivity index (χ3n) is 3.98. The van der Waals surface area contributed by atoms with E-state index in [4.69, 9.17) is 13.9 Å². The molecular formula is C19H19NO4. The maximum atomic E-state index is 12.5. The van der Waals surface area contributed by atoms with Gasteiger partial charge in [-0.2, -0.15) is 0 Å². The normalized spacial score (nSPS) is 10.6. The lowest BCUT2D eigenvalue weighted by molar-refractivity contribution is 0.0924. The van der Waals surface area contributed by atoms with Crippen LogP contribution in [0.2, 0.25) is 0 Å². The highest BCUT2D eigenvalue weighted by molar-refractivity contribution is 5.99. The molecule has 124 valence electrons. The van der Waals surface area contributed by atoms with E-state index in [0.717, 1.165) is 28.0 Å². The molecule has 0 aliphatic heterocycles. The number of methoxy groups -OCH3 is 2. The summed E-state index contributed by atoms with van der Waals surface area (Å²) in [6, 6.07) is 13.0. The predicted octanol–water partition coefficient (Wildman–Crippen LogP) is 3.69. The fourth-order valence-corrected chi connectivity index (χ4v) is 2.65. The molecule has 0 spiro atoms. The molecular weight excluding hydrogens is 306 g/mol.